The van der Waals surface area contributed by atoms with Gasteiger partial charge in [0.2, 0.25) is 6.19 Å². The third-order valence-electron chi connectivity index (χ3n) is 8.06. The Morgan fingerprint density at radius 3 is 2.32 bits per heavy atom. The van der Waals surface area contributed by atoms with Crippen molar-refractivity contribution in [3.05, 3.63) is 29.8 Å². The van der Waals surface area contributed by atoms with E-state index in [4.69, 9.17) is 4.74 Å². The van der Waals surface area contributed by atoms with Gasteiger partial charge >= 0.3 is 0 Å². The monoisotopic (exact) mass is 376 g/mol. The maximum Gasteiger partial charge on any atom is 0.207 e. The van der Waals surface area contributed by atoms with Gasteiger partial charge in [-0.05, 0) is 86.5 Å². The zero-order chi connectivity index (χ0) is 18.7. The van der Waals surface area contributed by atoms with E-state index < -0.39 is 0 Å². The first kappa shape index (κ1) is 16.9. The second kappa shape index (κ2) is 6.49. The van der Waals surface area contributed by atoms with Gasteiger partial charge in [0.1, 0.15) is 5.84 Å². The van der Waals surface area contributed by atoms with Crippen LogP contribution in [-0.2, 0) is 4.74 Å². The van der Waals surface area contributed by atoms with Crippen LogP contribution in [0.1, 0.15) is 44.1 Å². The van der Waals surface area contributed by atoms with Gasteiger partial charge in [-0.25, -0.2) is 0 Å². The second-order valence-electron chi connectivity index (χ2n) is 9.71. The summed E-state index contributed by atoms with van der Waals surface area (Å²) in [5.41, 5.74) is 2.28. The first-order valence-electron chi connectivity index (χ1n) is 11.0. The van der Waals surface area contributed by atoms with Crippen LogP contribution in [0.3, 0.4) is 0 Å². The number of hydrogen-bond donors (Lipinski definition) is 1. The number of benzene rings is 1. The Balaban J connectivity index is 1.21. The van der Waals surface area contributed by atoms with Crippen molar-refractivity contribution < 1.29 is 4.74 Å². The van der Waals surface area contributed by atoms with Crippen molar-refractivity contribution in [3.63, 3.8) is 0 Å². The van der Waals surface area contributed by atoms with E-state index in [1.165, 1.54) is 37.8 Å². The predicted molar refractivity (Wildman–Crippen MR) is 108 cm³/mol. The number of anilines is 1. The van der Waals surface area contributed by atoms with Crippen LogP contribution < -0.4 is 10.2 Å². The summed E-state index contributed by atoms with van der Waals surface area (Å²) in [7, 11) is 0. The first-order chi connectivity index (χ1) is 13.8. The zero-order valence-corrected chi connectivity index (χ0v) is 16.3. The van der Waals surface area contributed by atoms with Gasteiger partial charge in [-0.15, -0.1) is 0 Å². The van der Waals surface area contributed by atoms with Gasteiger partial charge in [0.15, 0.2) is 0 Å². The van der Waals surface area contributed by atoms with Gasteiger partial charge in [-0.2, -0.15) is 10.3 Å². The van der Waals surface area contributed by atoms with Crippen LogP contribution in [-0.4, -0.2) is 37.2 Å². The van der Waals surface area contributed by atoms with Crippen LogP contribution in [0.5, 0.6) is 0 Å². The number of morpholine rings is 1. The summed E-state index contributed by atoms with van der Waals surface area (Å²) < 4.78 is 5.72. The summed E-state index contributed by atoms with van der Waals surface area (Å²) in [6.45, 7) is 1.84. The number of fused-ring (bicyclic) bond motifs is 2. The summed E-state index contributed by atoms with van der Waals surface area (Å²) in [5.74, 6) is 4.20. The third-order valence-corrected chi connectivity index (χ3v) is 8.06. The summed E-state index contributed by atoms with van der Waals surface area (Å²) in [6, 6.07) is 9.63. The number of amidine groups is 1. The number of nitrogens with one attached hydrogen (secondary N) is 1. The molecule has 2 saturated heterocycles. The molecule has 6 fully saturated rings. The highest BCUT2D eigenvalue weighted by atomic mass is 16.5. The fourth-order valence-corrected chi connectivity index (χ4v) is 7.08. The van der Waals surface area contributed by atoms with Crippen LogP contribution in [0.2, 0.25) is 0 Å². The van der Waals surface area contributed by atoms with E-state index in [-0.39, 0.29) is 0 Å². The van der Waals surface area contributed by atoms with E-state index in [0.29, 0.717) is 18.2 Å². The molecule has 0 spiro atoms. The highest BCUT2D eigenvalue weighted by molar-refractivity contribution is 5.99. The fraction of sp³-hybridized carbons (Fsp3) is 0.652. The van der Waals surface area contributed by atoms with Crippen molar-refractivity contribution in [2.45, 2.75) is 56.7 Å². The molecule has 2 heterocycles. The van der Waals surface area contributed by atoms with Crippen molar-refractivity contribution in [1.82, 2.24) is 5.32 Å². The minimum absolute atomic E-state index is 0.402. The van der Waals surface area contributed by atoms with Gasteiger partial charge in [-0.3, -0.25) is 0 Å². The molecule has 5 heteroatoms. The molecular formula is C23H28N4O. The van der Waals surface area contributed by atoms with Crippen molar-refractivity contribution in [3.8, 4) is 6.19 Å². The van der Waals surface area contributed by atoms with Gasteiger partial charge < -0.3 is 15.0 Å². The summed E-state index contributed by atoms with van der Waals surface area (Å²) in [6.07, 6.45) is 10.5. The minimum atomic E-state index is 0.402. The Hall–Kier alpha value is -2.06. The number of nitrogens with zero attached hydrogens (tertiary/aromatic N) is 3. The normalized spacial score (nSPS) is 40.8. The molecule has 0 amide bonds. The highest BCUT2D eigenvalue weighted by Gasteiger charge is 2.48. The van der Waals surface area contributed by atoms with Crippen molar-refractivity contribution in [2.24, 2.45) is 28.7 Å². The summed E-state index contributed by atoms with van der Waals surface area (Å²) in [4.78, 5) is 6.65. The van der Waals surface area contributed by atoms with E-state index in [0.717, 1.165) is 54.6 Å². The maximum absolute atomic E-state index is 9.28. The molecule has 4 aliphatic carbocycles. The van der Waals surface area contributed by atoms with Gasteiger partial charge in [-0.1, -0.05) is 0 Å². The zero-order valence-electron chi connectivity index (χ0n) is 16.3. The summed E-state index contributed by atoms with van der Waals surface area (Å²) in [5, 5.41) is 13.0. The van der Waals surface area contributed by atoms with E-state index in [9.17, 15) is 5.26 Å². The predicted octanol–water partition coefficient (Wildman–Crippen LogP) is 3.31. The van der Waals surface area contributed by atoms with E-state index >= 15 is 0 Å². The molecule has 2 aliphatic heterocycles. The lowest BCUT2D eigenvalue weighted by atomic mass is 9.54. The Labute approximate surface area is 166 Å². The van der Waals surface area contributed by atoms with E-state index in [2.05, 4.69) is 39.5 Å². The molecule has 146 valence electrons. The van der Waals surface area contributed by atoms with E-state index in [1.807, 2.05) is 6.19 Å². The molecule has 5 nitrogen and oxygen atoms in total. The number of rotatable bonds is 3. The molecule has 6 aliphatic rings. The topological polar surface area (TPSA) is 60.7 Å². The Bertz CT molecular complexity index is 798. The van der Waals surface area contributed by atoms with Crippen molar-refractivity contribution in [2.75, 3.05) is 18.1 Å². The molecule has 4 saturated carbocycles. The number of aliphatic imine (C=N–C) groups is 1. The van der Waals surface area contributed by atoms with Gasteiger partial charge in [0.25, 0.3) is 0 Å². The van der Waals surface area contributed by atoms with Crippen LogP contribution in [0.15, 0.2) is 29.3 Å². The van der Waals surface area contributed by atoms with Crippen molar-refractivity contribution in [1.29, 1.82) is 5.26 Å². The maximum atomic E-state index is 9.28. The third kappa shape index (κ3) is 2.73. The average molecular weight is 377 g/mol. The molecular weight excluding hydrogens is 348 g/mol. The quantitative estimate of drug-likeness (QED) is 0.499. The molecule has 28 heavy (non-hydrogen) atoms. The SMILES string of the molecule is N#CN=C(NC1C2CC3CC(C2)CC1C3)c1ccc(N2CC3CC2CO3)cc1. The number of nitriles is 1. The van der Waals surface area contributed by atoms with Gasteiger partial charge in [0.05, 0.1) is 18.8 Å². The average Bonchev–Trinajstić information content (AvgIpc) is 3.33. The summed E-state index contributed by atoms with van der Waals surface area (Å²) >= 11 is 0. The lowest BCUT2D eigenvalue weighted by molar-refractivity contribution is -0.00681. The van der Waals surface area contributed by atoms with Crippen LogP contribution in [0.4, 0.5) is 5.69 Å². The Morgan fingerprint density at radius 2 is 1.75 bits per heavy atom. The smallest absolute Gasteiger partial charge is 0.207 e. The molecule has 7 rings (SSSR count). The first-order valence-corrected chi connectivity index (χ1v) is 11.0. The molecule has 2 atom stereocenters. The Kier molecular flexibility index (Phi) is 3.91. The standard InChI is InChI=1S/C23H28N4O/c24-13-25-23(26-22-17-6-14-5-15(8-17)9-18(22)7-14)16-1-3-19(4-2-16)27-11-21-10-20(27)12-28-21/h1-4,14-15,17-18,20-22H,5-12H2,(H,25,26). The second-order valence-corrected chi connectivity index (χ2v) is 9.71. The van der Waals surface area contributed by atoms with Crippen LogP contribution in [0.25, 0.3) is 0 Å². The number of hydrogen-bond acceptors (Lipinski definition) is 4. The molecule has 0 radical (unpaired) electrons. The molecule has 1 aromatic rings. The lowest BCUT2D eigenvalue weighted by Gasteiger charge is -2.54. The molecule has 0 aromatic heterocycles. The van der Waals surface area contributed by atoms with E-state index in [1.54, 1.807) is 0 Å². The fourth-order valence-electron chi connectivity index (χ4n) is 7.08. The van der Waals surface area contributed by atoms with Gasteiger partial charge in [0, 0.05) is 23.8 Å². The largest absolute Gasteiger partial charge is 0.374 e. The number of ether oxygens (including phenoxy) is 1. The highest BCUT2D eigenvalue weighted by Crippen LogP contribution is 2.53. The molecule has 6 bridgehead atoms. The van der Waals surface area contributed by atoms with Crippen molar-refractivity contribution >= 4 is 11.5 Å². The molecule has 1 aromatic carbocycles. The molecule has 1 N–H and O–H groups in total. The minimum Gasteiger partial charge on any atom is -0.374 e. The Morgan fingerprint density at radius 1 is 1.04 bits per heavy atom. The lowest BCUT2D eigenvalue weighted by Crippen LogP contribution is -2.56. The van der Waals surface area contributed by atoms with Crippen LogP contribution >= 0.6 is 0 Å². The molecule has 2 unspecified atom stereocenters. The van der Waals surface area contributed by atoms with Crippen LogP contribution in [0, 0.1) is 35.1 Å².